The number of halogens is 1. The predicted octanol–water partition coefficient (Wildman–Crippen LogP) is 2.63. The van der Waals surface area contributed by atoms with Gasteiger partial charge < -0.3 is 16.0 Å². The molecule has 2 heterocycles. The second-order valence-corrected chi connectivity index (χ2v) is 8.89. The molecule has 2 unspecified atom stereocenters. The zero-order valence-corrected chi connectivity index (χ0v) is 17.8. The van der Waals surface area contributed by atoms with Gasteiger partial charge in [0.15, 0.2) is 0 Å². The van der Waals surface area contributed by atoms with Crippen LogP contribution in [0.3, 0.4) is 0 Å². The van der Waals surface area contributed by atoms with Crippen molar-refractivity contribution in [2.45, 2.75) is 51.0 Å². The summed E-state index contributed by atoms with van der Waals surface area (Å²) in [5.74, 6) is 1.91. The highest BCUT2D eigenvalue weighted by molar-refractivity contribution is 5.92. The second-order valence-electron chi connectivity index (χ2n) is 8.89. The highest BCUT2D eigenvalue weighted by Gasteiger charge is 2.41. The van der Waals surface area contributed by atoms with Crippen LogP contribution >= 0.6 is 12.4 Å². The molecule has 2 aliphatic carbocycles. The molecule has 4 rings (SSSR count). The molecule has 3 fully saturated rings. The maximum Gasteiger partial charge on any atom is 0.269 e. The summed E-state index contributed by atoms with van der Waals surface area (Å²) in [5, 5.41) is 2.99. The molecule has 3 aliphatic rings. The highest BCUT2D eigenvalue weighted by atomic mass is 35.5. The molecule has 0 radical (unpaired) electrons. The van der Waals surface area contributed by atoms with Gasteiger partial charge in [-0.1, -0.05) is 12.5 Å². The summed E-state index contributed by atoms with van der Waals surface area (Å²) in [6.07, 6.45) is 9.16. The van der Waals surface area contributed by atoms with Crippen molar-refractivity contribution in [3.63, 3.8) is 0 Å². The molecule has 1 aliphatic heterocycles. The van der Waals surface area contributed by atoms with Crippen molar-refractivity contribution in [2.75, 3.05) is 19.6 Å². The molecule has 1 saturated heterocycles. The number of carbonyl (C=O) groups is 2. The standard InChI is InChI=1S/C22H32N4O2.ClH/c23-20-16-4-3-5-17(20)13-18(12-16)22(28)26-10-7-15(8-11-26)14-25-21(27)19-6-1-2-9-24-19;/h1-2,6,9,15-18,20H,3-5,7-8,10-14,23H2,(H,25,27);1H. The summed E-state index contributed by atoms with van der Waals surface area (Å²) in [5.41, 5.74) is 6.83. The van der Waals surface area contributed by atoms with Gasteiger partial charge in [-0.3, -0.25) is 14.6 Å². The van der Waals surface area contributed by atoms with Crippen LogP contribution in [0, 0.1) is 23.7 Å². The molecule has 2 atom stereocenters. The van der Waals surface area contributed by atoms with E-state index >= 15 is 0 Å². The van der Waals surface area contributed by atoms with Crippen LogP contribution in [-0.2, 0) is 4.79 Å². The topological polar surface area (TPSA) is 88.3 Å². The predicted molar refractivity (Wildman–Crippen MR) is 115 cm³/mol. The van der Waals surface area contributed by atoms with Crippen LogP contribution in [0.5, 0.6) is 0 Å². The van der Waals surface area contributed by atoms with Crippen LogP contribution in [0.25, 0.3) is 0 Å². The maximum atomic E-state index is 13.1. The summed E-state index contributed by atoms with van der Waals surface area (Å²) >= 11 is 0. The molecule has 1 aromatic rings. The normalized spacial score (nSPS) is 29.6. The average Bonchev–Trinajstić information content (AvgIpc) is 2.72. The Labute approximate surface area is 179 Å². The van der Waals surface area contributed by atoms with Crippen molar-refractivity contribution in [1.82, 2.24) is 15.2 Å². The fourth-order valence-corrected chi connectivity index (χ4v) is 5.43. The first-order valence-corrected chi connectivity index (χ1v) is 10.9. The minimum Gasteiger partial charge on any atom is -0.350 e. The Morgan fingerprint density at radius 2 is 1.79 bits per heavy atom. The van der Waals surface area contributed by atoms with Gasteiger partial charge in [-0.2, -0.15) is 0 Å². The number of pyridine rings is 1. The fraction of sp³-hybridized carbons (Fsp3) is 0.682. The van der Waals surface area contributed by atoms with Crippen molar-refractivity contribution >= 4 is 24.2 Å². The number of carbonyl (C=O) groups excluding carboxylic acids is 2. The molecule has 29 heavy (non-hydrogen) atoms. The van der Waals surface area contributed by atoms with Crippen molar-refractivity contribution in [3.05, 3.63) is 30.1 Å². The fourth-order valence-electron chi connectivity index (χ4n) is 5.43. The third-order valence-electron chi connectivity index (χ3n) is 7.14. The van der Waals surface area contributed by atoms with E-state index in [4.69, 9.17) is 5.73 Å². The van der Waals surface area contributed by atoms with E-state index in [0.29, 0.717) is 41.9 Å². The number of likely N-dealkylation sites (tertiary alicyclic amines) is 1. The van der Waals surface area contributed by atoms with Crippen LogP contribution in [0.2, 0.25) is 0 Å². The largest absolute Gasteiger partial charge is 0.350 e. The van der Waals surface area contributed by atoms with Gasteiger partial charge >= 0.3 is 0 Å². The maximum absolute atomic E-state index is 13.1. The number of piperidine rings is 1. The number of aromatic nitrogens is 1. The lowest BCUT2D eigenvalue weighted by Crippen LogP contribution is -2.51. The van der Waals surface area contributed by atoms with E-state index in [2.05, 4.69) is 15.2 Å². The summed E-state index contributed by atoms with van der Waals surface area (Å²) in [4.78, 5) is 31.3. The summed E-state index contributed by atoms with van der Waals surface area (Å²) in [6.45, 7) is 2.27. The molecule has 3 N–H and O–H groups in total. The first-order valence-electron chi connectivity index (χ1n) is 10.9. The summed E-state index contributed by atoms with van der Waals surface area (Å²) < 4.78 is 0. The Morgan fingerprint density at radius 3 is 2.41 bits per heavy atom. The molecule has 160 valence electrons. The Morgan fingerprint density at radius 1 is 1.10 bits per heavy atom. The van der Waals surface area contributed by atoms with Gasteiger partial charge in [0.1, 0.15) is 5.69 Å². The molecule has 0 aromatic carbocycles. The Bertz CT molecular complexity index is 679. The van der Waals surface area contributed by atoms with Crippen LogP contribution < -0.4 is 11.1 Å². The lowest BCUT2D eigenvalue weighted by atomic mass is 9.65. The van der Waals surface area contributed by atoms with Gasteiger partial charge in [-0.05, 0) is 68.4 Å². The smallest absolute Gasteiger partial charge is 0.269 e. The van der Waals surface area contributed by atoms with E-state index in [1.807, 2.05) is 6.07 Å². The zero-order valence-electron chi connectivity index (χ0n) is 17.0. The van der Waals surface area contributed by atoms with Crippen LogP contribution in [0.1, 0.15) is 55.4 Å². The van der Waals surface area contributed by atoms with Gasteiger partial charge in [0.25, 0.3) is 5.91 Å². The SMILES string of the molecule is Cl.NC1C2CCCC1CC(C(=O)N1CCC(CNC(=O)c3ccccn3)CC1)C2. The second kappa shape index (κ2) is 9.90. The number of nitrogens with two attached hydrogens (primary N) is 1. The Balaban J connectivity index is 0.00000240. The number of nitrogens with one attached hydrogen (secondary N) is 1. The van der Waals surface area contributed by atoms with E-state index in [1.165, 1.54) is 19.3 Å². The third kappa shape index (κ3) is 5.10. The molecule has 2 saturated carbocycles. The molecule has 7 heteroatoms. The van der Waals surface area contributed by atoms with Gasteiger partial charge in [-0.15, -0.1) is 12.4 Å². The zero-order chi connectivity index (χ0) is 19.5. The van der Waals surface area contributed by atoms with E-state index in [0.717, 1.165) is 38.8 Å². The van der Waals surface area contributed by atoms with Gasteiger partial charge in [-0.25, -0.2) is 0 Å². The average molecular weight is 421 g/mol. The number of hydrogen-bond acceptors (Lipinski definition) is 4. The number of nitrogens with zero attached hydrogens (tertiary/aromatic N) is 2. The van der Waals surface area contributed by atoms with Crippen LogP contribution in [0.4, 0.5) is 0 Å². The highest BCUT2D eigenvalue weighted by Crippen LogP contribution is 2.42. The van der Waals surface area contributed by atoms with Gasteiger partial charge in [0.05, 0.1) is 0 Å². The van der Waals surface area contributed by atoms with E-state index in [1.54, 1.807) is 18.3 Å². The summed E-state index contributed by atoms with van der Waals surface area (Å²) in [7, 11) is 0. The summed E-state index contributed by atoms with van der Waals surface area (Å²) in [6, 6.07) is 5.66. The lowest BCUT2D eigenvalue weighted by molar-refractivity contribution is -0.140. The molecule has 2 amide bonds. The van der Waals surface area contributed by atoms with Crippen molar-refractivity contribution < 1.29 is 9.59 Å². The first kappa shape index (κ1) is 22.0. The Kier molecular flexibility index (Phi) is 7.52. The van der Waals surface area contributed by atoms with Crippen molar-refractivity contribution in [3.8, 4) is 0 Å². The van der Waals surface area contributed by atoms with E-state index < -0.39 is 0 Å². The third-order valence-corrected chi connectivity index (χ3v) is 7.14. The molecular weight excluding hydrogens is 388 g/mol. The lowest BCUT2D eigenvalue weighted by Gasteiger charge is -2.45. The number of amides is 2. The molecule has 0 spiro atoms. The van der Waals surface area contributed by atoms with Crippen molar-refractivity contribution in [1.29, 1.82) is 0 Å². The number of rotatable bonds is 4. The minimum absolute atomic E-state index is 0. The minimum atomic E-state index is -0.121. The van der Waals surface area contributed by atoms with Crippen LogP contribution in [0.15, 0.2) is 24.4 Å². The van der Waals surface area contributed by atoms with Crippen molar-refractivity contribution in [2.24, 2.45) is 29.4 Å². The van der Waals surface area contributed by atoms with E-state index in [-0.39, 0.29) is 24.2 Å². The monoisotopic (exact) mass is 420 g/mol. The van der Waals surface area contributed by atoms with Crippen LogP contribution in [-0.4, -0.2) is 47.4 Å². The van der Waals surface area contributed by atoms with E-state index in [9.17, 15) is 9.59 Å². The Hall–Kier alpha value is -1.66. The molecule has 6 nitrogen and oxygen atoms in total. The number of hydrogen-bond donors (Lipinski definition) is 2. The van der Waals surface area contributed by atoms with Gasteiger partial charge in [0, 0.05) is 37.8 Å². The first-order chi connectivity index (χ1) is 13.6. The van der Waals surface area contributed by atoms with Gasteiger partial charge in [0.2, 0.25) is 5.91 Å². The quantitative estimate of drug-likeness (QED) is 0.783. The molecule has 1 aromatic heterocycles. The molecule has 2 bridgehead atoms. The number of fused-ring (bicyclic) bond motifs is 2. The molecular formula is C22H33ClN4O2.